The summed E-state index contributed by atoms with van der Waals surface area (Å²) in [5.41, 5.74) is 3.52. The predicted molar refractivity (Wildman–Crippen MR) is 107 cm³/mol. The number of carboxylic acid groups (broad SMARTS) is 1. The van der Waals surface area contributed by atoms with Gasteiger partial charge in [0, 0.05) is 15.8 Å². The Labute approximate surface area is 159 Å². The molecule has 128 valence electrons. The molecule has 4 aromatic rings. The Morgan fingerprint density at radius 1 is 1.00 bits per heavy atom. The lowest BCUT2D eigenvalue weighted by atomic mass is 9.99. The van der Waals surface area contributed by atoms with E-state index in [9.17, 15) is 4.79 Å². The van der Waals surface area contributed by atoms with Gasteiger partial charge in [0.05, 0.1) is 21.8 Å². The molecule has 0 saturated carbocycles. The summed E-state index contributed by atoms with van der Waals surface area (Å²) in [6, 6.07) is 21.6. The third-order valence-corrected chi connectivity index (χ3v) is 5.58. The van der Waals surface area contributed by atoms with E-state index < -0.39 is 5.97 Å². The minimum absolute atomic E-state index is 0.00140. The summed E-state index contributed by atoms with van der Waals surface area (Å²) in [4.78, 5) is 17.4. The number of hydrogen-bond acceptors (Lipinski definition) is 3. The van der Waals surface area contributed by atoms with Gasteiger partial charge in [-0.1, -0.05) is 60.1 Å². The lowest BCUT2D eigenvalue weighted by molar-refractivity contribution is -0.136. The van der Waals surface area contributed by atoms with Gasteiger partial charge in [-0.15, -0.1) is 11.3 Å². The Bertz CT molecular complexity index is 1110. The van der Waals surface area contributed by atoms with Crippen molar-refractivity contribution in [3.8, 4) is 21.7 Å². The molecule has 3 nitrogen and oxygen atoms in total. The minimum atomic E-state index is -0.846. The average Bonchev–Trinajstić information content (AvgIpc) is 3.09. The number of hydrogen-bond donors (Lipinski definition) is 1. The molecule has 1 N–H and O–H groups in total. The number of halogens is 1. The lowest BCUT2D eigenvalue weighted by Gasteiger charge is -2.12. The molecule has 4 rings (SSSR count). The van der Waals surface area contributed by atoms with E-state index in [1.165, 1.54) is 11.3 Å². The van der Waals surface area contributed by atoms with Crippen LogP contribution in [0.3, 0.4) is 0 Å². The van der Waals surface area contributed by atoms with Crippen LogP contribution in [-0.2, 0) is 11.2 Å². The fourth-order valence-corrected chi connectivity index (χ4v) is 4.39. The van der Waals surface area contributed by atoms with Crippen LogP contribution in [0.4, 0.5) is 0 Å². The van der Waals surface area contributed by atoms with Crippen LogP contribution in [0, 0.1) is 0 Å². The Morgan fingerprint density at radius 3 is 2.50 bits per heavy atom. The SMILES string of the molecule is O=C(O)Cc1ccc(-c2nc3ccccc3c(-c3ccccc3)c2Cl)s1. The maximum absolute atomic E-state index is 11.0. The van der Waals surface area contributed by atoms with Crippen molar-refractivity contribution in [3.63, 3.8) is 0 Å². The average molecular weight is 380 g/mol. The summed E-state index contributed by atoms with van der Waals surface area (Å²) in [7, 11) is 0. The Morgan fingerprint density at radius 2 is 1.73 bits per heavy atom. The molecule has 2 aromatic heterocycles. The standard InChI is InChI=1S/C21H14ClNO2S/c22-20-19(13-6-2-1-3-7-13)15-8-4-5-9-16(15)23-21(20)17-11-10-14(26-17)12-18(24)25/h1-11H,12H2,(H,24,25). The van der Waals surface area contributed by atoms with Gasteiger partial charge in [-0.3, -0.25) is 4.79 Å². The molecule has 26 heavy (non-hydrogen) atoms. The van der Waals surface area contributed by atoms with Gasteiger partial charge in [-0.05, 0) is 23.8 Å². The van der Waals surface area contributed by atoms with Crippen LogP contribution < -0.4 is 0 Å². The van der Waals surface area contributed by atoms with Crippen LogP contribution in [0.1, 0.15) is 4.88 Å². The fraction of sp³-hybridized carbons (Fsp3) is 0.0476. The second-order valence-electron chi connectivity index (χ2n) is 5.87. The number of aromatic nitrogens is 1. The van der Waals surface area contributed by atoms with E-state index in [4.69, 9.17) is 21.7 Å². The van der Waals surface area contributed by atoms with Gasteiger partial charge in [0.1, 0.15) is 5.69 Å². The van der Waals surface area contributed by atoms with Crippen molar-refractivity contribution in [1.82, 2.24) is 4.98 Å². The smallest absolute Gasteiger partial charge is 0.308 e. The zero-order valence-electron chi connectivity index (χ0n) is 13.6. The van der Waals surface area contributed by atoms with E-state index in [0.717, 1.165) is 31.8 Å². The molecular weight excluding hydrogens is 366 g/mol. The zero-order chi connectivity index (χ0) is 18.1. The first-order valence-corrected chi connectivity index (χ1v) is 9.27. The van der Waals surface area contributed by atoms with Crippen molar-refractivity contribution < 1.29 is 9.90 Å². The summed E-state index contributed by atoms with van der Waals surface area (Å²) in [5, 5.41) is 10.6. The van der Waals surface area contributed by atoms with Crippen molar-refractivity contribution in [2.75, 3.05) is 0 Å². The second-order valence-corrected chi connectivity index (χ2v) is 7.42. The highest BCUT2D eigenvalue weighted by Gasteiger charge is 2.18. The van der Waals surface area contributed by atoms with Crippen molar-refractivity contribution in [3.05, 3.63) is 76.6 Å². The van der Waals surface area contributed by atoms with Crippen molar-refractivity contribution in [2.24, 2.45) is 0 Å². The molecule has 0 atom stereocenters. The highest BCUT2D eigenvalue weighted by atomic mass is 35.5. The van der Waals surface area contributed by atoms with Crippen LogP contribution in [0.5, 0.6) is 0 Å². The minimum Gasteiger partial charge on any atom is -0.481 e. The molecule has 0 aliphatic carbocycles. The van der Waals surface area contributed by atoms with Crippen LogP contribution in [-0.4, -0.2) is 16.1 Å². The molecule has 0 aliphatic rings. The highest BCUT2D eigenvalue weighted by Crippen LogP contribution is 2.41. The molecule has 0 fully saturated rings. The molecule has 2 aromatic carbocycles. The maximum atomic E-state index is 11.0. The molecule has 0 aliphatic heterocycles. The molecule has 0 unspecified atom stereocenters. The summed E-state index contributed by atoms with van der Waals surface area (Å²) in [6.45, 7) is 0. The van der Waals surface area contributed by atoms with E-state index in [-0.39, 0.29) is 6.42 Å². The van der Waals surface area contributed by atoms with E-state index in [2.05, 4.69) is 0 Å². The van der Waals surface area contributed by atoms with Gasteiger partial charge in [0.2, 0.25) is 0 Å². The largest absolute Gasteiger partial charge is 0.481 e. The van der Waals surface area contributed by atoms with E-state index >= 15 is 0 Å². The number of rotatable bonds is 4. The van der Waals surface area contributed by atoms with Gasteiger partial charge in [-0.2, -0.15) is 0 Å². The number of aliphatic carboxylic acids is 1. The topological polar surface area (TPSA) is 50.2 Å². The molecular formula is C21H14ClNO2S. The van der Waals surface area contributed by atoms with Crippen molar-refractivity contribution in [1.29, 1.82) is 0 Å². The number of benzene rings is 2. The summed E-state index contributed by atoms with van der Waals surface area (Å²) in [6.07, 6.45) is 0.00140. The Hall–Kier alpha value is -2.69. The quantitative estimate of drug-likeness (QED) is 0.479. The number of para-hydroxylation sites is 1. The lowest BCUT2D eigenvalue weighted by Crippen LogP contribution is -1.96. The van der Waals surface area contributed by atoms with Gasteiger partial charge < -0.3 is 5.11 Å². The van der Waals surface area contributed by atoms with Crippen molar-refractivity contribution >= 4 is 39.8 Å². The molecule has 2 heterocycles. The van der Waals surface area contributed by atoms with Crippen LogP contribution >= 0.6 is 22.9 Å². The Balaban J connectivity index is 1.95. The summed E-state index contributed by atoms with van der Waals surface area (Å²) >= 11 is 8.21. The first-order valence-electron chi connectivity index (χ1n) is 8.08. The number of carbonyl (C=O) groups is 1. The number of carboxylic acids is 1. The third kappa shape index (κ3) is 3.09. The molecule has 5 heteroatoms. The summed E-state index contributed by atoms with van der Waals surface area (Å²) in [5.74, 6) is -0.846. The second kappa shape index (κ2) is 6.90. The van der Waals surface area contributed by atoms with Crippen LogP contribution in [0.15, 0.2) is 66.7 Å². The molecule has 0 bridgehead atoms. The fourth-order valence-electron chi connectivity index (χ4n) is 2.99. The number of pyridine rings is 1. The number of thiophene rings is 1. The monoisotopic (exact) mass is 379 g/mol. The number of nitrogens with zero attached hydrogens (tertiary/aromatic N) is 1. The zero-order valence-corrected chi connectivity index (χ0v) is 15.2. The van der Waals surface area contributed by atoms with Crippen LogP contribution in [0.2, 0.25) is 5.02 Å². The van der Waals surface area contributed by atoms with E-state index in [1.807, 2.05) is 66.7 Å². The summed E-state index contributed by atoms with van der Waals surface area (Å²) < 4.78 is 0. The van der Waals surface area contributed by atoms with Crippen LogP contribution in [0.25, 0.3) is 32.6 Å². The normalized spacial score (nSPS) is 11.0. The first-order chi connectivity index (χ1) is 12.6. The van der Waals surface area contributed by atoms with Gasteiger partial charge in [-0.25, -0.2) is 4.98 Å². The highest BCUT2D eigenvalue weighted by molar-refractivity contribution is 7.15. The van der Waals surface area contributed by atoms with E-state index in [0.29, 0.717) is 10.7 Å². The van der Waals surface area contributed by atoms with Gasteiger partial charge in [0.25, 0.3) is 0 Å². The van der Waals surface area contributed by atoms with Gasteiger partial charge >= 0.3 is 5.97 Å². The first kappa shape index (κ1) is 16.8. The molecule has 0 saturated heterocycles. The molecule has 0 spiro atoms. The van der Waals surface area contributed by atoms with Gasteiger partial charge in [0.15, 0.2) is 0 Å². The Kier molecular flexibility index (Phi) is 4.45. The van der Waals surface area contributed by atoms with Crippen molar-refractivity contribution in [2.45, 2.75) is 6.42 Å². The molecule has 0 amide bonds. The number of fused-ring (bicyclic) bond motifs is 1. The predicted octanol–water partition coefficient (Wildman–Crippen LogP) is 5.91. The maximum Gasteiger partial charge on any atom is 0.308 e. The third-order valence-electron chi connectivity index (χ3n) is 4.12. The molecule has 0 radical (unpaired) electrons. The van der Waals surface area contributed by atoms with E-state index in [1.54, 1.807) is 0 Å².